The van der Waals surface area contributed by atoms with Gasteiger partial charge in [0, 0.05) is 16.2 Å². The molecule has 2 N–H and O–H groups in total. The molecule has 1 heterocycles. The predicted molar refractivity (Wildman–Crippen MR) is 101 cm³/mol. The van der Waals surface area contributed by atoms with Crippen LogP contribution in [0.25, 0.3) is 21.5 Å². The zero-order valence-electron chi connectivity index (χ0n) is 15.7. The summed E-state index contributed by atoms with van der Waals surface area (Å²) in [7, 11) is 4.50. The van der Waals surface area contributed by atoms with Crippen LogP contribution in [0.2, 0.25) is 0 Å². The van der Waals surface area contributed by atoms with E-state index in [1.54, 1.807) is 18.2 Å². The average Bonchev–Trinajstić information content (AvgIpc) is 3.18. The molecule has 0 spiro atoms. The van der Waals surface area contributed by atoms with Gasteiger partial charge in [0.1, 0.15) is 18.1 Å². The van der Waals surface area contributed by atoms with Crippen LogP contribution in [0.4, 0.5) is 0 Å². The van der Waals surface area contributed by atoms with Gasteiger partial charge in [-0.3, -0.25) is 0 Å². The van der Waals surface area contributed by atoms with E-state index in [9.17, 15) is 10.2 Å². The van der Waals surface area contributed by atoms with Crippen LogP contribution in [0.5, 0.6) is 40.2 Å². The number of phenolic OH excluding ortho intramolecular Hbond substituents is 1. The Morgan fingerprint density at radius 1 is 0.857 bits per heavy atom. The van der Waals surface area contributed by atoms with E-state index in [2.05, 4.69) is 0 Å². The van der Waals surface area contributed by atoms with E-state index in [-0.39, 0.29) is 25.8 Å². The normalized spacial score (nSPS) is 12.4. The number of hydrogen-bond acceptors (Lipinski definition) is 8. The Kier molecular flexibility index (Phi) is 4.56. The third-order valence-electron chi connectivity index (χ3n) is 4.66. The van der Waals surface area contributed by atoms with Crippen molar-refractivity contribution in [1.29, 1.82) is 0 Å². The maximum absolute atomic E-state index is 11.0. The summed E-state index contributed by atoms with van der Waals surface area (Å²) < 4.78 is 33.3. The second-order valence-corrected chi connectivity index (χ2v) is 6.07. The van der Waals surface area contributed by atoms with Gasteiger partial charge < -0.3 is 38.6 Å². The molecule has 0 saturated carbocycles. The number of ether oxygens (including phenoxy) is 6. The molecule has 0 amide bonds. The summed E-state index contributed by atoms with van der Waals surface area (Å²) in [6.45, 7) is -0.0192. The third-order valence-corrected chi connectivity index (χ3v) is 4.66. The van der Waals surface area contributed by atoms with Crippen molar-refractivity contribution in [3.63, 3.8) is 0 Å². The van der Waals surface area contributed by atoms with Crippen LogP contribution in [-0.2, 0) is 0 Å². The van der Waals surface area contributed by atoms with Gasteiger partial charge >= 0.3 is 0 Å². The first-order valence-electron chi connectivity index (χ1n) is 8.59. The Balaban J connectivity index is 2.19. The van der Waals surface area contributed by atoms with Crippen LogP contribution < -0.4 is 28.4 Å². The quantitative estimate of drug-likeness (QED) is 0.623. The summed E-state index contributed by atoms with van der Waals surface area (Å²) in [4.78, 5) is 0. The number of aliphatic hydroxyl groups is 1. The van der Waals surface area contributed by atoms with Crippen molar-refractivity contribution >= 4 is 21.5 Å². The van der Waals surface area contributed by atoms with Crippen LogP contribution in [0, 0.1) is 0 Å². The van der Waals surface area contributed by atoms with Gasteiger partial charge in [0.05, 0.1) is 33.3 Å². The summed E-state index contributed by atoms with van der Waals surface area (Å²) in [6, 6.07) is 5.09. The number of fused-ring (bicyclic) bond motifs is 3. The van der Waals surface area contributed by atoms with Crippen LogP contribution in [0.15, 0.2) is 18.2 Å². The third kappa shape index (κ3) is 2.56. The number of methoxy groups -OCH3 is 3. The maximum Gasteiger partial charge on any atom is 0.231 e. The molecule has 4 rings (SSSR count). The lowest BCUT2D eigenvalue weighted by atomic mass is 9.98. The summed E-state index contributed by atoms with van der Waals surface area (Å²) >= 11 is 0. The Bertz CT molecular complexity index is 1060. The van der Waals surface area contributed by atoms with Gasteiger partial charge in [-0.05, 0) is 18.2 Å². The average molecular weight is 388 g/mol. The number of aromatic hydroxyl groups is 1. The Hall–Kier alpha value is -3.26. The molecule has 0 aliphatic carbocycles. The first-order chi connectivity index (χ1) is 13.6. The molecular formula is C20H20O8. The highest BCUT2D eigenvalue weighted by molar-refractivity contribution is 6.15. The summed E-state index contributed by atoms with van der Waals surface area (Å²) in [5.74, 6) is 2.62. The van der Waals surface area contributed by atoms with E-state index < -0.39 is 0 Å². The molecule has 1 aliphatic rings. The maximum atomic E-state index is 11.0. The van der Waals surface area contributed by atoms with Gasteiger partial charge in [-0.15, -0.1) is 0 Å². The highest BCUT2D eigenvalue weighted by Gasteiger charge is 2.26. The van der Waals surface area contributed by atoms with E-state index >= 15 is 0 Å². The molecule has 0 fully saturated rings. The number of hydrogen-bond donors (Lipinski definition) is 2. The molecule has 0 unspecified atom stereocenters. The van der Waals surface area contributed by atoms with E-state index in [4.69, 9.17) is 28.4 Å². The number of aliphatic hydroxyl groups excluding tert-OH is 1. The smallest absolute Gasteiger partial charge is 0.231 e. The first-order valence-corrected chi connectivity index (χ1v) is 8.59. The summed E-state index contributed by atoms with van der Waals surface area (Å²) in [5.41, 5.74) is 0. The molecular weight excluding hydrogens is 368 g/mol. The van der Waals surface area contributed by atoms with Crippen molar-refractivity contribution in [3.05, 3.63) is 18.2 Å². The zero-order valence-corrected chi connectivity index (χ0v) is 15.7. The lowest BCUT2D eigenvalue weighted by Gasteiger charge is -2.20. The van der Waals surface area contributed by atoms with Crippen LogP contribution in [-0.4, -0.2) is 51.5 Å². The molecule has 3 aromatic carbocycles. The van der Waals surface area contributed by atoms with Crippen molar-refractivity contribution in [3.8, 4) is 40.2 Å². The minimum atomic E-state index is -0.177. The van der Waals surface area contributed by atoms with Crippen LogP contribution >= 0.6 is 0 Å². The van der Waals surface area contributed by atoms with Crippen LogP contribution in [0.3, 0.4) is 0 Å². The van der Waals surface area contributed by atoms with Gasteiger partial charge in [-0.1, -0.05) is 0 Å². The van der Waals surface area contributed by atoms with Crippen molar-refractivity contribution in [2.24, 2.45) is 0 Å². The highest BCUT2D eigenvalue weighted by atomic mass is 16.7. The van der Waals surface area contributed by atoms with Gasteiger partial charge in [0.2, 0.25) is 12.5 Å². The topological polar surface area (TPSA) is 95.8 Å². The Labute approximate surface area is 160 Å². The van der Waals surface area contributed by atoms with E-state index in [0.717, 1.165) is 0 Å². The van der Waals surface area contributed by atoms with Gasteiger partial charge in [-0.2, -0.15) is 0 Å². The minimum Gasteiger partial charge on any atom is -0.507 e. The zero-order chi connectivity index (χ0) is 19.8. The predicted octanol–water partition coefficient (Wildman–Crippen LogP) is 2.82. The van der Waals surface area contributed by atoms with Crippen LogP contribution in [0.1, 0.15) is 0 Å². The minimum absolute atomic E-state index is 0.0129. The summed E-state index contributed by atoms with van der Waals surface area (Å²) in [5, 5.41) is 22.4. The van der Waals surface area contributed by atoms with Crippen molar-refractivity contribution < 1.29 is 38.6 Å². The monoisotopic (exact) mass is 388 g/mol. The lowest BCUT2D eigenvalue weighted by Crippen LogP contribution is -2.04. The van der Waals surface area contributed by atoms with Gasteiger partial charge in [-0.25, -0.2) is 0 Å². The molecule has 0 radical (unpaired) electrons. The van der Waals surface area contributed by atoms with E-state index in [1.807, 2.05) is 0 Å². The Morgan fingerprint density at radius 2 is 1.54 bits per heavy atom. The number of phenols is 1. The second kappa shape index (κ2) is 7.05. The van der Waals surface area contributed by atoms with Crippen molar-refractivity contribution in [1.82, 2.24) is 0 Å². The largest absolute Gasteiger partial charge is 0.507 e. The molecule has 3 aromatic rings. The molecule has 0 bridgehead atoms. The molecule has 148 valence electrons. The molecule has 0 aromatic heterocycles. The fourth-order valence-corrected chi connectivity index (χ4v) is 3.47. The molecule has 28 heavy (non-hydrogen) atoms. The molecule has 8 heteroatoms. The molecule has 1 aliphatic heterocycles. The fourth-order valence-electron chi connectivity index (χ4n) is 3.47. The fraction of sp³-hybridized carbons (Fsp3) is 0.300. The first kappa shape index (κ1) is 18.1. The highest BCUT2D eigenvalue weighted by Crippen LogP contribution is 2.54. The van der Waals surface area contributed by atoms with Gasteiger partial charge in [0.25, 0.3) is 0 Å². The standard InChI is InChI=1S/C20H20O8/c1-23-15-8-12-16(20(25-3)19(15)24-2)18(26-5-4-21)11-7-14-13(27-9-28-14)6-10(11)17(12)22/h6-8,21-22H,4-5,9H2,1-3H3. The summed E-state index contributed by atoms with van der Waals surface area (Å²) in [6.07, 6.45) is 0. The van der Waals surface area contributed by atoms with Crippen molar-refractivity contribution in [2.75, 3.05) is 41.3 Å². The number of benzene rings is 3. The lowest BCUT2D eigenvalue weighted by molar-refractivity contribution is 0.174. The Morgan fingerprint density at radius 3 is 2.14 bits per heavy atom. The van der Waals surface area contributed by atoms with E-state index in [1.165, 1.54) is 21.3 Å². The SMILES string of the molecule is COc1cc2c(O)c3cc4c(cc3c(OCCO)c2c(OC)c1OC)OCO4. The second-order valence-electron chi connectivity index (χ2n) is 6.07. The van der Waals surface area contributed by atoms with Crippen molar-refractivity contribution in [2.45, 2.75) is 0 Å². The molecule has 0 atom stereocenters. The van der Waals surface area contributed by atoms with Gasteiger partial charge in [0.15, 0.2) is 23.0 Å². The van der Waals surface area contributed by atoms with E-state index in [0.29, 0.717) is 56.0 Å². The molecule has 8 nitrogen and oxygen atoms in total. The number of rotatable bonds is 6. The molecule has 0 saturated heterocycles.